The molecule has 0 saturated carbocycles. The molecule has 0 bridgehead atoms. The molecule has 0 aromatic heterocycles. The second-order valence-electron chi connectivity index (χ2n) is 11.6. The van der Waals surface area contributed by atoms with Crippen LogP contribution in [0.1, 0.15) is 119 Å². The Bertz CT molecular complexity index is 1000. The maximum atomic E-state index is 2.35. The van der Waals surface area contributed by atoms with Gasteiger partial charge in [-0.1, -0.05) is 158 Å². The number of hydrogen-bond donors (Lipinski definition) is 0. The Balaban J connectivity index is 1.58. The first kappa shape index (κ1) is 27.3. The number of aryl methyl sites for hydroxylation is 2. The van der Waals surface area contributed by atoms with E-state index in [1.165, 1.54) is 91.2 Å². The van der Waals surface area contributed by atoms with Crippen molar-refractivity contribution in [2.75, 3.05) is 0 Å². The summed E-state index contributed by atoms with van der Waals surface area (Å²) in [4.78, 5) is 0. The molecule has 0 aliphatic heterocycles. The Morgan fingerprint density at radius 3 is 1.23 bits per heavy atom. The second kappa shape index (κ2) is 12.6. The van der Waals surface area contributed by atoms with Gasteiger partial charge in [0.25, 0.3) is 0 Å². The highest BCUT2D eigenvalue weighted by Crippen LogP contribution is 2.36. The van der Waals surface area contributed by atoms with Gasteiger partial charge in [0.1, 0.15) is 0 Å². The lowest BCUT2D eigenvalue weighted by molar-refractivity contribution is 0.575. The average molecular weight is 469 g/mol. The van der Waals surface area contributed by atoms with E-state index in [9.17, 15) is 0 Å². The van der Waals surface area contributed by atoms with Gasteiger partial charge >= 0.3 is 0 Å². The van der Waals surface area contributed by atoms with Gasteiger partial charge in [0.2, 0.25) is 0 Å². The summed E-state index contributed by atoms with van der Waals surface area (Å²) >= 11 is 0. The molecule has 0 heteroatoms. The van der Waals surface area contributed by atoms with Crippen LogP contribution in [-0.4, -0.2) is 0 Å². The van der Waals surface area contributed by atoms with Gasteiger partial charge in [0.15, 0.2) is 0 Å². The third kappa shape index (κ3) is 7.33. The van der Waals surface area contributed by atoms with Crippen molar-refractivity contribution in [2.24, 2.45) is 0 Å². The normalized spacial score (nSPS) is 12.2. The molecule has 3 rings (SSSR count). The number of benzene rings is 3. The second-order valence-corrected chi connectivity index (χ2v) is 11.6. The monoisotopic (exact) mass is 468 g/mol. The van der Waals surface area contributed by atoms with E-state index in [1.807, 2.05) is 0 Å². The standard InChI is InChI=1S/C35H48/c1-7-8-9-10-11-12-13-14-15-29-18-22-31(23-19-29)35(5,6)33-26-24-32(25-27-33)34(3,4)30-20-16-28(2)17-21-30/h16-27H,7-15H2,1-6H3. The van der Waals surface area contributed by atoms with E-state index in [1.54, 1.807) is 0 Å². The summed E-state index contributed by atoms with van der Waals surface area (Å²) in [7, 11) is 0. The van der Waals surface area contributed by atoms with Crippen molar-refractivity contribution in [1.29, 1.82) is 0 Å². The summed E-state index contributed by atoms with van der Waals surface area (Å²) in [6, 6.07) is 27.7. The smallest absolute Gasteiger partial charge is 0.0146 e. The molecular weight excluding hydrogens is 420 g/mol. The molecule has 0 unspecified atom stereocenters. The fraction of sp³-hybridized carbons (Fsp3) is 0.486. The largest absolute Gasteiger partial charge is 0.0654 e. The van der Waals surface area contributed by atoms with E-state index in [4.69, 9.17) is 0 Å². The molecule has 188 valence electrons. The van der Waals surface area contributed by atoms with Gasteiger partial charge < -0.3 is 0 Å². The molecule has 3 aromatic carbocycles. The minimum absolute atomic E-state index is 0.00642. The van der Waals surface area contributed by atoms with E-state index in [2.05, 4.69) is 114 Å². The molecule has 0 N–H and O–H groups in total. The molecule has 0 atom stereocenters. The van der Waals surface area contributed by atoms with Crippen LogP contribution < -0.4 is 0 Å². The molecule has 0 radical (unpaired) electrons. The van der Waals surface area contributed by atoms with Crippen molar-refractivity contribution in [3.63, 3.8) is 0 Å². The van der Waals surface area contributed by atoms with Crippen LogP contribution in [-0.2, 0) is 17.3 Å². The van der Waals surface area contributed by atoms with Crippen LogP contribution >= 0.6 is 0 Å². The zero-order valence-corrected chi connectivity index (χ0v) is 23.3. The molecule has 0 spiro atoms. The van der Waals surface area contributed by atoms with Crippen molar-refractivity contribution in [3.8, 4) is 0 Å². The maximum absolute atomic E-state index is 2.35. The van der Waals surface area contributed by atoms with Crippen molar-refractivity contribution in [3.05, 3.63) is 106 Å². The van der Waals surface area contributed by atoms with Crippen LogP contribution in [0.5, 0.6) is 0 Å². The highest BCUT2D eigenvalue weighted by Gasteiger charge is 2.26. The maximum Gasteiger partial charge on any atom is 0.0146 e. The zero-order valence-electron chi connectivity index (χ0n) is 23.3. The Hall–Kier alpha value is -2.34. The molecule has 0 amide bonds. The highest BCUT2D eigenvalue weighted by molar-refractivity contribution is 5.44. The van der Waals surface area contributed by atoms with Crippen molar-refractivity contribution in [1.82, 2.24) is 0 Å². The van der Waals surface area contributed by atoms with Gasteiger partial charge in [-0.25, -0.2) is 0 Å². The molecule has 35 heavy (non-hydrogen) atoms. The quantitative estimate of drug-likeness (QED) is 0.219. The van der Waals surface area contributed by atoms with Crippen LogP contribution in [0.3, 0.4) is 0 Å². The van der Waals surface area contributed by atoms with Gasteiger partial charge in [-0.3, -0.25) is 0 Å². The Morgan fingerprint density at radius 1 is 0.457 bits per heavy atom. The molecule has 0 heterocycles. The Labute approximate surface area is 216 Å². The number of unbranched alkanes of at least 4 members (excludes halogenated alkanes) is 7. The van der Waals surface area contributed by atoms with E-state index in [0.717, 1.165) is 0 Å². The number of hydrogen-bond acceptors (Lipinski definition) is 0. The van der Waals surface area contributed by atoms with Gasteiger partial charge in [-0.2, -0.15) is 0 Å². The van der Waals surface area contributed by atoms with E-state index in [0.29, 0.717) is 0 Å². The highest BCUT2D eigenvalue weighted by atomic mass is 14.3. The zero-order chi connectivity index (χ0) is 25.3. The Kier molecular flexibility index (Phi) is 9.79. The lowest BCUT2D eigenvalue weighted by atomic mass is 9.74. The average Bonchev–Trinajstić information content (AvgIpc) is 2.86. The molecule has 0 nitrogen and oxygen atoms in total. The SMILES string of the molecule is CCCCCCCCCCc1ccc(C(C)(C)c2ccc(C(C)(C)c3ccc(C)cc3)cc2)cc1. The van der Waals surface area contributed by atoms with Crippen LogP contribution in [0, 0.1) is 6.92 Å². The lowest BCUT2D eigenvalue weighted by Gasteiger charge is -2.29. The van der Waals surface area contributed by atoms with Gasteiger partial charge in [-0.05, 0) is 47.6 Å². The topological polar surface area (TPSA) is 0 Å². The third-order valence-electron chi connectivity index (χ3n) is 8.10. The summed E-state index contributed by atoms with van der Waals surface area (Å²) in [6.07, 6.45) is 12.3. The van der Waals surface area contributed by atoms with Crippen molar-refractivity contribution >= 4 is 0 Å². The molecule has 3 aromatic rings. The van der Waals surface area contributed by atoms with Crippen LogP contribution in [0.25, 0.3) is 0 Å². The summed E-state index contributed by atoms with van der Waals surface area (Å²) in [5.41, 5.74) is 8.26. The summed E-state index contributed by atoms with van der Waals surface area (Å²) < 4.78 is 0. The first-order valence-electron chi connectivity index (χ1n) is 14.0. The van der Waals surface area contributed by atoms with E-state index < -0.39 is 0 Å². The molecule has 0 aliphatic carbocycles. The summed E-state index contributed by atoms with van der Waals surface area (Å²) in [5, 5.41) is 0. The lowest BCUT2D eigenvalue weighted by Crippen LogP contribution is -2.21. The Morgan fingerprint density at radius 2 is 0.800 bits per heavy atom. The summed E-state index contributed by atoms with van der Waals surface area (Å²) in [5.74, 6) is 0. The minimum Gasteiger partial charge on any atom is -0.0654 e. The first-order chi connectivity index (χ1) is 16.7. The van der Waals surface area contributed by atoms with E-state index >= 15 is 0 Å². The molecule has 0 fully saturated rings. The molecular formula is C35H48. The van der Waals surface area contributed by atoms with Crippen molar-refractivity contribution < 1.29 is 0 Å². The van der Waals surface area contributed by atoms with Crippen LogP contribution in [0.15, 0.2) is 72.8 Å². The number of rotatable bonds is 13. The third-order valence-corrected chi connectivity index (χ3v) is 8.10. The van der Waals surface area contributed by atoms with Gasteiger partial charge in [0.05, 0.1) is 0 Å². The van der Waals surface area contributed by atoms with E-state index in [-0.39, 0.29) is 10.8 Å². The predicted octanol–water partition coefficient (Wildman–Crippen LogP) is 10.3. The predicted molar refractivity (Wildman–Crippen MR) is 155 cm³/mol. The molecule has 0 saturated heterocycles. The van der Waals surface area contributed by atoms with Gasteiger partial charge in [-0.15, -0.1) is 0 Å². The van der Waals surface area contributed by atoms with Crippen molar-refractivity contribution in [2.45, 2.75) is 110 Å². The minimum atomic E-state index is -0.0104. The fourth-order valence-electron chi connectivity index (χ4n) is 5.16. The first-order valence-corrected chi connectivity index (χ1v) is 14.0. The summed E-state index contributed by atoms with van der Waals surface area (Å²) in [6.45, 7) is 13.8. The van der Waals surface area contributed by atoms with Gasteiger partial charge in [0, 0.05) is 10.8 Å². The van der Waals surface area contributed by atoms with Crippen LogP contribution in [0.2, 0.25) is 0 Å². The van der Waals surface area contributed by atoms with Crippen LogP contribution in [0.4, 0.5) is 0 Å². The molecule has 0 aliphatic rings. The fourth-order valence-corrected chi connectivity index (χ4v) is 5.16.